The number of benzene rings is 2. The van der Waals surface area contributed by atoms with E-state index in [-0.39, 0.29) is 5.91 Å². The predicted molar refractivity (Wildman–Crippen MR) is 109 cm³/mol. The molecule has 1 amide bonds. The third kappa shape index (κ3) is 4.03. The fraction of sp³-hybridized carbons (Fsp3) is 0.100. The first-order valence-electron chi connectivity index (χ1n) is 8.09. The summed E-state index contributed by atoms with van der Waals surface area (Å²) in [7, 11) is 4.02. The average molecular weight is 411 g/mol. The molecule has 132 valence electrons. The van der Waals surface area contributed by atoms with E-state index in [0.717, 1.165) is 21.5 Å². The number of hydrogen-bond donors (Lipinski definition) is 1. The maximum Gasteiger partial charge on any atom is 0.272 e. The van der Waals surface area contributed by atoms with Crippen molar-refractivity contribution in [3.63, 3.8) is 0 Å². The molecule has 0 unspecified atom stereocenters. The second-order valence-electron chi connectivity index (χ2n) is 5.89. The first-order chi connectivity index (χ1) is 12.6. The molecule has 0 atom stereocenters. The van der Waals surface area contributed by atoms with E-state index >= 15 is 0 Å². The maximum absolute atomic E-state index is 12.2. The molecule has 3 rings (SSSR count). The summed E-state index contributed by atoms with van der Waals surface area (Å²) in [6.45, 7) is 0. The number of hydrogen-bond acceptors (Lipinski definition) is 3. The SMILES string of the molecule is CN(C)c1ccc(-n2cccc2C=NNC(=O)c2ccccc2Br)cc1. The lowest BCUT2D eigenvalue weighted by molar-refractivity contribution is 0.0954. The summed E-state index contributed by atoms with van der Waals surface area (Å²) < 4.78 is 2.74. The number of rotatable bonds is 5. The van der Waals surface area contributed by atoms with Crippen molar-refractivity contribution in [3.8, 4) is 5.69 Å². The second kappa shape index (κ2) is 8.01. The van der Waals surface area contributed by atoms with E-state index < -0.39 is 0 Å². The van der Waals surface area contributed by atoms with Gasteiger partial charge in [-0.3, -0.25) is 4.79 Å². The molecule has 5 nitrogen and oxygen atoms in total. The summed E-state index contributed by atoms with van der Waals surface area (Å²) in [6.07, 6.45) is 3.59. The lowest BCUT2D eigenvalue weighted by atomic mass is 10.2. The van der Waals surface area contributed by atoms with Crippen molar-refractivity contribution in [2.75, 3.05) is 19.0 Å². The Balaban J connectivity index is 1.73. The molecule has 0 radical (unpaired) electrons. The molecule has 0 saturated heterocycles. The smallest absolute Gasteiger partial charge is 0.272 e. The van der Waals surface area contributed by atoms with Crippen LogP contribution in [0.2, 0.25) is 0 Å². The van der Waals surface area contributed by atoms with Crippen LogP contribution in [0.4, 0.5) is 5.69 Å². The van der Waals surface area contributed by atoms with Gasteiger partial charge in [-0.05, 0) is 64.5 Å². The van der Waals surface area contributed by atoms with Crippen molar-refractivity contribution >= 4 is 33.7 Å². The summed E-state index contributed by atoms with van der Waals surface area (Å²) in [5.41, 5.74) is 6.14. The summed E-state index contributed by atoms with van der Waals surface area (Å²) in [5, 5.41) is 4.09. The van der Waals surface area contributed by atoms with Gasteiger partial charge in [0.15, 0.2) is 0 Å². The van der Waals surface area contributed by atoms with Crippen LogP contribution in [0.1, 0.15) is 16.1 Å². The summed E-state index contributed by atoms with van der Waals surface area (Å²) in [4.78, 5) is 14.2. The summed E-state index contributed by atoms with van der Waals surface area (Å²) in [5.74, 6) is -0.262. The van der Waals surface area contributed by atoms with Crippen molar-refractivity contribution in [3.05, 3.63) is 82.6 Å². The van der Waals surface area contributed by atoms with Crippen LogP contribution in [0.15, 0.2) is 76.4 Å². The molecule has 0 aliphatic heterocycles. The van der Waals surface area contributed by atoms with Gasteiger partial charge < -0.3 is 9.47 Å². The molecule has 1 aromatic heterocycles. The number of carbonyl (C=O) groups excluding carboxylic acids is 1. The van der Waals surface area contributed by atoms with Crippen LogP contribution in [0.25, 0.3) is 5.69 Å². The quantitative estimate of drug-likeness (QED) is 0.508. The van der Waals surface area contributed by atoms with Crippen LogP contribution in [0.5, 0.6) is 0 Å². The number of nitrogens with one attached hydrogen (secondary N) is 1. The molecule has 3 aromatic rings. The fourth-order valence-electron chi connectivity index (χ4n) is 2.51. The van der Waals surface area contributed by atoms with Gasteiger partial charge in [-0.15, -0.1) is 0 Å². The Morgan fingerprint density at radius 1 is 1.08 bits per heavy atom. The van der Waals surface area contributed by atoms with E-state index in [9.17, 15) is 4.79 Å². The average Bonchev–Trinajstić information content (AvgIpc) is 3.10. The van der Waals surface area contributed by atoms with Gasteiger partial charge in [-0.25, -0.2) is 5.43 Å². The molecule has 0 aliphatic carbocycles. The van der Waals surface area contributed by atoms with Gasteiger partial charge >= 0.3 is 0 Å². The van der Waals surface area contributed by atoms with Gasteiger partial charge in [0.05, 0.1) is 17.5 Å². The third-order valence-corrected chi connectivity index (χ3v) is 4.60. The monoisotopic (exact) mass is 410 g/mol. The maximum atomic E-state index is 12.2. The number of carbonyl (C=O) groups is 1. The number of hydrazone groups is 1. The van der Waals surface area contributed by atoms with Gasteiger partial charge in [0.25, 0.3) is 5.91 Å². The van der Waals surface area contributed by atoms with Crippen LogP contribution >= 0.6 is 15.9 Å². The molecule has 2 aromatic carbocycles. The highest BCUT2D eigenvalue weighted by Gasteiger charge is 2.08. The Labute approximate surface area is 161 Å². The number of amides is 1. The van der Waals surface area contributed by atoms with E-state index in [1.165, 1.54) is 0 Å². The Morgan fingerprint density at radius 3 is 2.50 bits per heavy atom. The van der Waals surface area contributed by atoms with E-state index in [2.05, 4.69) is 43.5 Å². The molecule has 0 fully saturated rings. The van der Waals surface area contributed by atoms with Crippen molar-refractivity contribution in [2.45, 2.75) is 0 Å². The van der Waals surface area contributed by atoms with Crippen LogP contribution < -0.4 is 10.3 Å². The van der Waals surface area contributed by atoms with Crippen molar-refractivity contribution in [2.24, 2.45) is 5.10 Å². The Morgan fingerprint density at radius 2 is 1.81 bits per heavy atom. The fourth-order valence-corrected chi connectivity index (χ4v) is 2.97. The number of anilines is 1. The van der Waals surface area contributed by atoms with Gasteiger partial charge in [0.2, 0.25) is 0 Å². The van der Waals surface area contributed by atoms with Crippen LogP contribution in [-0.2, 0) is 0 Å². The molecule has 0 spiro atoms. The Hall–Kier alpha value is -2.86. The minimum absolute atomic E-state index is 0.262. The van der Waals surface area contributed by atoms with E-state index in [4.69, 9.17) is 0 Å². The highest BCUT2D eigenvalue weighted by molar-refractivity contribution is 9.10. The minimum Gasteiger partial charge on any atom is -0.378 e. The molecule has 1 heterocycles. The minimum atomic E-state index is -0.262. The van der Waals surface area contributed by atoms with E-state index in [1.807, 2.05) is 67.3 Å². The topological polar surface area (TPSA) is 49.6 Å². The van der Waals surface area contributed by atoms with Crippen molar-refractivity contribution in [1.82, 2.24) is 9.99 Å². The first-order valence-corrected chi connectivity index (χ1v) is 8.88. The zero-order chi connectivity index (χ0) is 18.5. The molecular weight excluding hydrogens is 392 g/mol. The van der Waals surface area contributed by atoms with Crippen molar-refractivity contribution in [1.29, 1.82) is 0 Å². The van der Waals surface area contributed by atoms with Gasteiger partial charge in [0.1, 0.15) is 0 Å². The van der Waals surface area contributed by atoms with Crippen molar-refractivity contribution < 1.29 is 4.79 Å². The molecule has 0 aliphatic rings. The Kier molecular flexibility index (Phi) is 5.53. The highest BCUT2D eigenvalue weighted by Crippen LogP contribution is 2.17. The van der Waals surface area contributed by atoms with E-state index in [1.54, 1.807) is 12.3 Å². The summed E-state index contributed by atoms with van der Waals surface area (Å²) in [6, 6.07) is 19.3. The van der Waals surface area contributed by atoms with Crippen LogP contribution in [0.3, 0.4) is 0 Å². The zero-order valence-electron chi connectivity index (χ0n) is 14.6. The van der Waals surface area contributed by atoms with E-state index in [0.29, 0.717) is 5.56 Å². The van der Waals surface area contributed by atoms with Gasteiger partial charge in [-0.1, -0.05) is 12.1 Å². The largest absolute Gasteiger partial charge is 0.378 e. The highest BCUT2D eigenvalue weighted by atomic mass is 79.9. The van der Waals surface area contributed by atoms with Gasteiger partial charge in [0, 0.05) is 36.1 Å². The number of nitrogens with zero attached hydrogens (tertiary/aromatic N) is 3. The zero-order valence-corrected chi connectivity index (χ0v) is 16.1. The molecule has 26 heavy (non-hydrogen) atoms. The molecule has 0 saturated carbocycles. The third-order valence-electron chi connectivity index (χ3n) is 3.91. The molecule has 6 heteroatoms. The molecular formula is C20H19BrN4O. The Bertz CT molecular complexity index is 929. The lowest BCUT2D eigenvalue weighted by Crippen LogP contribution is -2.18. The molecule has 1 N–H and O–H groups in total. The number of halogens is 1. The standard InChI is InChI=1S/C20H19BrN4O/c1-24(2)15-9-11-16(12-10-15)25-13-5-6-17(25)14-22-23-20(26)18-7-3-4-8-19(18)21/h3-14H,1-2H3,(H,23,26). The lowest BCUT2D eigenvalue weighted by Gasteiger charge is -2.13. The number of aromatic nitrogens is 1. The van der Waals surface area contributed by atoms with Crippen LogP contribution in [-0.4, -0.2) is 30.8 Å². The summed E-state index contributed by atoms with van der Waals surface area (Å²) >= 11 is 3.37. The second-order valence-corrected chi connectivity index (χ2v) is 6.75. The first kappa shape index (κ1) is 17.9. The normalized spacial score (nSPS) is 10.9. The molecule has 0 bridgehead atoms. The predicted octanol–water partition coefficient (Wildman–Crippen LogP) is 4.07. The van der Waals surface area contributed by atoms with Crippen LogP contribution in [0, 0.1) is 0 Å². The van der Waals surface area contributed by atoms with Gasteiger partial charge in [-0.2, -0.15) is 5.10 Å².